The van der Waals surface area contributed by atoms with E-state index >= 15 is 0 Å². The van der Waals surface area contributed by atoms with E-state index in [1.165, 1.54) is 353 Å². The van der Waals surface area contributed by atoms with Gasteiger partial charge in [-0.25, -0.2) is 0 Å². The molecule has 0 aromatic heterocycles. The number of aliphatic hydroxyl groups excluding tert-OH is 2. The quantitative estimate of drug-likeness (QED) is 0.0417. The van der Waals surface area contributed by atoms with E-state index in [2.05, 4.69) is 19.2 Å². The standard InChI is InChI=1S/C72H143NO5/c1-3-5-7-9-11-13-15-17-19-34-37-40-44-48-52-56-60-64-70(75)69(68-74)73-71(76)65-61-57-53-49-45-41-38-35-32-30-28-26-24-22-20-21-23-25-27-29-31-33-36-39-43-47-51-55-59-63-67-78-72(77)66-62-58-54-50-46-42-18-16-14-12-10-8-6-4-2/h69-70,74-75H,3-68H2,1-2H3,(H,73,76). The van der Waals surface area contributed by atoms with Crippen LogP contribution in [0.25, 0.3) is 0 Å². The zero-order valence-electron chi connectivity index (χ0n) is 53.4. The molecule has 78 heavy (non-hydrogen) atoms. The summed E-state index contributed by atoms with van der Waals surface area (Å²) in [5.41, 5.74) is 0. The first-order chi connectivity index (χ1) is 38.5. The van der Waals surface area contributed by atoms with Gasteiger partial charge in [-0.05, 0) is 25.7 Å². The first-order valence-electron chi connectivity index (χ1n) is 36.3. The third kappa shape index (κ3) is 64.0. The lowest BCUT2D eigenvalue weighted by Crippen LogP contribution is -2.45. The van der Waals surface area contributed by atoms with Crippen LogP contribution in [0.3, 0.4) is 0 Å². The highest BCUT2D eigenvalue weighted by molar-refractivity contribution is 5.76. The lowest BCUT2D eigenvalue weighted by atomic mass is 10.0. The fourth-order valence-electron chi connectivity index (χ4n) is 11.9. The molecule has 0 saturated heterocycles. The maximum atomic E-state index is 12.5. The van der Waals surface area contributed by atoms with E-state index in [-0.39, 0.29) is 18.5 Å². The molecule has 466 valence electrons. The number of carbonyl (C=O) groups excluding carboxylic acids is 2. The maximum absolute atomic E-state index is 12.5. The van der Waals surface area contributed by atoms with Gasteiger partial charge in [0.1, 0.15) is 0 Å². The number of rotatable bonds is 69. The van der Waals surface area contributed by atoms with Crippen molar-refractivity contribution < 1.29 is 24.5 Å². The van der Waals surface area contributed by atoms with Crippen LogP contribution in [0, 0.1) is 0 Å². The molecule has 2 unspecified atom stereocenters. The Morgan fingerprint density at radius 2 is 0.526 bits per heavy atom. The van der Waals surface area contributed by atoms with Crippen molar-refractivity contribution in [2.45, 2.75) is 437 Å². The Balaban J connectivity index is 3.31. The molecule has 1 amide bonds. The summed E-state index contributed by atoms with van der Waals surface area (Å²) in [7, 11) is 0. The van der Waals surface area contributed by atoms with Crippen molar-refractivity contribution >= 4 is 11.9 Å². The molecule has 2 atom stereocenters. The van der Waals surface area contributed by atoms with Gasteiger partial charge in [0.2, 0.25) is 5.91 Å². The summed E-state index contributed by atoms with van der Waals surface area (Å²) in [4.78, 5) is 24.6. The minimum Gasteiger partial charge on any atom is -0.466 e. The van der Waals surface area contributed by atoms with E-state index in [4.69, 9.17) is 4.74 Å². The van der Waals surface area contributed by atoms with Crippen LogP contribution < -0.4 is 5.32 Å². The van der Waals surface area contributed by atoms with Crippen LogP contribution in [-0.2, 0) is 14.3 Å². The van der Waals surface area contributed by atoms with Crippen molar-refractivity contribution in [1.82, 2.24) is 5.32 Å². The largest absolute Gasteiger partial charge is 0.466 e. The van der Waals surface area contributed by atoms with E-state index in [0.717, 1.165) is 38.5 Å². The molecule has 0 saturated carbocycles. The summed E-state index contributed by atoms with van der Waals surface area (Å²) >= 11 is 0. The van der Waals surface area contributed by atoms with Gasteiger partial charge in [0.25, 0.3) is 0 Å². The van der Waals surface area contributed by atoms with Gasteiger partial charge in [0.15, 0.2) is 0 Å². The highest BCUT2D eigenvalue weighted by Gasteiger charge is 2.20. The average Bonchev–Trinajstić information content (AvgIpc) is 3.44. The molecule has 0 rings (SSSR count). The molecule has 0 aliphatic carbocycles. The zero-order valence-corrected chi connectivity index (χ0v) is 53.4. The topological polar surface area (TPSA) is 95.9 Å². The molecule has 0 aliphatic heterocycles. The third-order valence-corrected chi connectivity index (χ3v) is 17.4. The second kappa shape index (κ2) is 68.4. The molecule has 0 spiro atoms. The molecule has 0 aromatic carbocycles. The minimum atomic E-state index is -0.661. The van der Waals surface area contributed by atoms with E-state index in [1.54, 1.807) is 0 Å². The predicted octanol–water partition coefficient (Wildman–Crippen LogP) is 23.4. The fraction of sp³-hybridized carbons (Fsp3) is 0.972. The highest BCUT2D eigenvalue weighted by atomic mass is 16.5. The summed E-state index contributed by atoms with van der Waals surface area (Å²) in [6.07, 6.45) is 83.1. The number of carbonyl (C=O) groups is 2. The molecule has 0 fully saturated rings. The smallest absolute Gasteiger partial charge is 0.305 e. The maximum Gasteiger partial charge on any atom is 0.305 e. The van der Waals surface area contributed by atoms with E-state index in [0.29, 0.717) is 25.9 Å². The second-order valence-electron chi connectivity index (χ2n) is 25.3. The molecule has 6 nitrogen and oxygen atoms in total. The molecule has 0 aromatic rings. The van der Waals surface area contributed by atoms with Gasteiger partial charge in [0, 0.05) is 12.8 Å². The Morgan fingerprint density at radius 3 is 0.782 bits per heavy atom. The predicted molar refractivity (Wildman–Crippen MR) is 343 cm³/mol. The van der Waals surface area contributed by atoms with Gasteiger partial charge in [0.05, 0.1) is 25.4 Å². The molecular weight excluding hydrogens is 959 g/mol. The van der Waals surface area contributed by atoms with Crippen LogP contribution in [-0.4, -0.2) is 47.4 Å². The van der Waals surface area contributed by atoms with Gasteiger partial charge in [-0.15, -0.1) is 0 Å². The highest BCUT2D eigenvalue weighted by Crippen LogP contribution is 2.20. The summed E-state index contributed by atoms with van der Waals surface area (Å²) < 4.78 is 5.50. The molecule has 0 aliphatic rings. The van der Waals surface area contributed by atoms with Crippen LogP contribution in [0.1, 0.15) is 425 Å². The van der Waals surface area contributed by atoms with Gasteiger partial charge >= 0.3 is 5.97 Å². The minimum absolute atomic E-state index is 0.0236. The molecule has 6 heteroatoms. The monoisotopic (exact) mass is 1100 g/mol. The number of hydrogen-bond donors (Lipinski definition) is 3. The number of amides is 1. The van der Waals surface area contributed by atoms with Crippen LogP contribution in [0.4, 0.5) is 0 Å². The lowest BCUT2D eigenvalue weighted by Gasteiger charge is -2.22. The molecule has 0 bridgehead atoms. The molecule has 3 N–H and O–H groups in total. The van der Waals surface area contributed by atoms with Crippen LogP contribution >= 0.6 is 0 Å². The van der Waals surface area contributed by atoms with Gasteiger partial charge in [-0.3, -0.25) is 9.59 Å². The average molecular weight is 1100 g/mol. The number of nitrogens with one attached hydrogen (secondary N) is 1. The van der Waals surface area contributed by atoms with Crippen molar-refractivity contribution in [2.75, 3.05) is 13.2 Å². The first-order valence-corrected chi connectivity index (χ1v) is 36.3. The number of ether oxygens (including phenoxy) is 1. The van der Waals surface area contributed by atoms with Crippen molar-refractivity contribution in [1.29, 1.82) is 0 Å². The van der Waals surface area contributed by atoms with Crippen molar-refractivity contribution in [3.63, 3.8) is 0 Å². The number of hydrogen-bond acceptors (Lipinski definition) is 5. The second-order valence-corrected chi connectivity index (χ2v) is 25.3. The van der Waals surface area contributed by atoms with Crippen LogP contribution in [0.5, 0.6) is 0 Å². The zero-order chi connectivity index (χ0) is 56.4. The SMILES string of the molecule is CCCCCCCCCCCCCCCCCCCC(O)C(CO)NC(=O)CCCCCCCCCCCCCCCCCCCCCCCCCCCCCCCCOC(=O)CCCCCCCCCCCCCCCC. The summed E-state index contributed by atoms with van der Waals surface area (Å²) in [5.74, 6) is -0.00281. The third-order valence-electron chi connectivity index (χ3n) is 17.4. The van der Waals surface area contributed by atoms with E-state index in [1.807, 2.05) is 0 Å². The van der Waals surface area contributed by atoms with Gasteiger partial charge in [-0.2, -0.15) is 0 Å². The summed E-state index contributed by atoms with van der Waals surface area (Å²) in [6.45, 7) is 5.01. The first kappa shape index (κ1) is 76.9. The van der Waals surface area contributed by atoms with E-state index in [9.17, 15) is 19.8 Å². The van der Waals surface area contributed by atoms with Crippen molar-refractivity contribution in [3.8, 4) is 0 Å². The lowest BCUT2D eigenvalue weighted by molar-refractivity contribution is -0.143. The summed E-state index contributed by atoms with van der Waals surface area (Å²) in [6, 6.07) is -0.537. The molecule has 0 heterocycles. The number of unbranched alkanes of at least 4 members (excludes halogenated alkanes) is 58. The Hall–Kier alpha value is -1.14. The van der Waals surface area contributed by atoms with Crippen molar-refractivity contribution in [2.24, 2.45) is 0 Å². The van der Waals surface area contributed by atoms with E-state index < -0.39 is 12.1 Å². The van der Waals surface area contributed by atoms with Gasteiger partial charge in [-0.1, -0.05) is 386 Å². The van der Waals surface area contributed by atoms with Gasteiger partial charge < -0.3 is 20.3 Å². The van der Waals surface area contributed by atoms with Crippen LogP contribution in [0.15, 0.2) is 0 Å². The van der Waals surface area contributed by atoms with Crippen molar-refractivity contribution in [3.05, 3.63) is 0 Å². The Labute approximate surface area is 489 Å². The Kier molecular flexibility index (Phi) is 67.4. The molecular formula is C72H143NO5. The Bertz CT molecular complexity index is 1130. The fourth-order valence-corrected chi connectivity index (χ4v) is 11.9. The summed E-state index contributed by atoms with van der Waals surface area (Å²) in [5, 5.41) is 23.4. The number of esters is 1. The van der Waals surface area contributed by atoms with Crippen LogP contribution in [0.2, 0.25) is 0 Å². The molecule has 0 radical (unpaired) electrons. The number of aliphatic hydroxyl groups is 2. The Morgan fingerprint density at radius 1 is 0.308 bits per heavy atom. The normalized spacial score (nSPS) is 12.4.